The second kappa shape index (κ2) is 5.16. The molecule has 0 amide bonds. The fourth-order valence-corrected chi connectivity index (χ4v) is 2.53. The number of hydrogen-bond donors (Lipinski definition) is 1. The van der Waals surface area contributed by atoms with E-state index in [-0.39, 0.29) is 12.3 Å². The number of furan rings is 1. The van der Waals surface area contributed by atoms with Gasteiger partial charge in [0.05, 0.1) is 18.6 Å². The summed E-state index contributed by atoms with van der Waals surface area (Å²) < 4.78 is 31.0. The van der Waals surface area contributed by atoms with E-state index in [0.29, 0.717) is 5.76 Å². The molecule has 0 spiro atoms. The molecule has 0 radical (unpaired) electrons. The number of hydrogen-bond acceptors (Lipinski definition) is 3. The molecule has 0 fully saturated rings. The van der Waals surface area contributed by atoms with Crippen molar-refractivity contribution in [3.8, 4) is 0 Å². The monoisotopic (exact) mass is 251 g/mol. The fraction of sp³-hybridized carbons (Fsp3) is 0.167. The van der Waals surface area contributed by atoms with Crippen LogP contribution in [0, 0.1) is 0 Å². The molecular formula is C12H13NO3S. The van der Waals surface area contributed by atoms with E-state index in [0.717, 1.165) is 5.56 Å². The summed E-state index contributed by atoms with van der Waals surface area (Å²) in [6.45, 7) is 0.183. The Labute approximate surface area is 100 Å². The summed E-state index contributed by atoms with van der Waals surface area (Å²) in [6, 6.07) is 12.5. The quantitative estimate of drug-likeness (QED) is 0.883. The maximum Gasteiger partial charge on any atom is 0.216 e. The molecule has 0 aliphatic rings. The van der Waals surface area contributed by atoms with Crippen LogP contribution in [-0.4, -0.2) is 8.42 Å². The van der Waals surface area contributed by atoms with E-state index in [1.807, 2.05) is 18.2 Å². The predicted molar refractivity (Wildman–Crippen MR) is 64.6 cm³/mol. The molecule has 5 heteroatoms. The van der Waals surface area contributed by atoms with Crippen LogP contribution >= 0.6 is 0 Å². The van der Waals surface area contributed by atoms with E-state index in [1.54, 1.807) is 24.3 Å². The van der Waals surface area contributed by atoms with Crippen LogP contribution in [0.15, 0.2) is 53.1 Å². The van der Waals surface area contributed by atoms with E-state index in [4.69, 9.17) is 4.42 Å². The largest absolute Gasteiger partial charge is 0.468 e. The van der Waals surface area contributed by atoms with Crippen LogP contribution in [0.2, 0.25) is 0 Å². The first-order valence-electron chi connectivity index (χ1n) is 5.19. The summed E-state index contributed by atoms with van der Waals surface area (Å²) >= 11 is 0. The van der Waals surface area contributed by atoms with Crippen molar-refractivity contribution in [3.63, 3.8) is 0 Å². The highest BCUT2D eigenvalue weighted by molar-refractivity contribution is 7.88. The van der Waals surface area contributed by atoms with Gasteiger partial charge in [0, 0.05) is 0 Å². The van der Waals surface area contributed by atoms with Gasteiger partial charge >= 0.3 is 0 Å². The zero-order valence-electron chi connectivity index (χ0n) is 9.17. The van der Waals surface area contributed by atoms with Gasteiger partial charge in [0.2, 0.25) is 10.0 Å². The van der Waals surface area contributed by atoms with Crippen LogP contribution in [0.25, 0.3) is 0 Å². The molecule has 0 aliphatic carbocycles. The topological polar surface area (TPSA) is 59.3 Å². The van der Waals surface area contributed by atoms with Gasteiger partial charge < -0.3 is 4.42 Å². The molecule has 0 atom stereocenters. The average molecular weight is 251 g/mol. The van der Waals surface area contributed by atoms with E-state index in [2.05, 4.69) is 4.72 Å². The van der Waals surface area contributed by atoms with Gasteiger partial charge in [-0.3, -0.25) is 0 Å². The molecule has 0 bridgehead atoms. The van der Waals surface area contributed by atoms with Crippen molar-refractivity contribution in [2.45, 2.75) is 12.3 Å². The normalized spacial score (nSPS) is 11.5. The number of nitrogens with one attached hydrogen (secondary N) is 1. The summed E-state index contributed by atoms with van der Waals surface area (Å²) in [5.74, 6) is 0.579. The molecule has 17 heavy (non-hydrogen) atoms. The Morgan fingerprint density at radius 2 is 1.82 bits per heavy atom. The van der Waals surface area contributed by atoms with Gasteiger partial charge in [-0.15, -0.1) is 0 Å². The second-order valence-electron chi connectivity index (χ2n) is 3.65. The lowest BCUT2D eigenvalue weighted by Gasteiger charge is -2.05. The van der Waals surface area contributed by atoms with Gasteiger partial charge in [-0.2, -0.15) is 0 Å². The molecule has 2 rings (SSSR count). The molecular weight excluding hydrogens is 238 g/mol. The summed E-state index contributed by atoms with van der Waals surface area (Å²) in [5.41, 5.74) is 0.763. The highest BCUT2D eigenvalue weighted by atomic mass is 32.2. The van der Waals surface area contributed by atoms with Gasteiger partial charge in [-0.05, 0) is 17.7 Å². The van der Waals surface area contributed by atoms with Gasteiger partial charge in [0.1, 0.15) is 5.76 Å². The SMILES string of the molecule is O=S(=O)(Cc1ccccc1)NCc1ccco1. The van der Waals surface area contributed by atoms with Crippen LogP contribution in [0.5, 0.6) is 0 Å². The Balaban J connectivity index is 1.96. The molecule has 0 saturated heterocycles. The predicted octanol–water partition coefficient (Wildman–Crippen LogP) is 1.90. The standard InChI is InChI=1S/C12H13NO3S/c14-17(15,10-11-5-2-1-3-6-11)13-9-12-7-4-8-16-12/h1-8,13H,9-10H2. The third kappa shape index (κ3) is 3.72. The molecule has 4 nitrogen and oxygen atoms in total. The zero-order valence-corrected chi connectivity index (χ0v) is 9.98. The molecule has 0 saturated carbocycles. The first kappa shape index (κ1) is 11.9. The summed E-state index contributed by atoms with van der Waals surface area (Å²) in [4.78, 5) is 0. The Kier molecular flexibility index (Phi) is 3.61. The molecule has 0 aliphatic heterocycles. The maximum absolute atomic E-state index is 11.7. The zero-order chi connectivity index (χ0) is 12.1. The van der Waals surface area contributed by atoms with Gasteiger partial charge in [-0.25, -0.2) is 13.1 Å². The van der Waals surface area contributed by atoms with Crippen molar-refractivity contribution in [3.05, 3.63) is 60.1 Å². The average Bonchev–Trinajstić information content (AvgIpc) is 2.80. The molecule has 2 aromatic rings. The lowest BCUT2D eigenvalue weighted by molar-refractivity contribution is 0.498. The highest BCUT2D eigenvalue weighted by Crippen LogP contribution is 2.05. The van der Waals surface area contributed by atoms with Crippen LogP contribution in [-0.2, 0) is 22.3 Å². The first-order chi connectivity index (χ1) is 8.16. The minimum Gasteiger partial charge on any atom is -0.468 e. The Morgan fingerprint density at radius 3 is 2.47 bits per heavy atom. The Bertz CT molecular complexity index is 547. The highest BCUT2D eigenvalue weighted by Gasteiger charge is 2.11. The van der Waals surface area contributed by atoms with Crippen molar-refractivity contribution in [2.75, 3.05) is 0 Å². The molecule has 1 N–H and O–H groups in total. The van der Waals surface area contributed by atoms with Crippen molar-refractivity contribution in [1.82, 2.24) is 4.72 Å². The summed E-state index contributed by atoms with van der Waals surface area (Å²) in [5, 5.41) is 0. The second-order valence-corrected chi connectivity index (χ2v) is 5.45. The molecule has 1 aromatic heterocycles. The van der Waals surface area contributed by atoms with Crippen molar-refractivity contribution >= 4 is 10.0 Å². The maximum atomic E-state index is 11.7. The van der Waals surface area contributed by atoms with Crippen molar-refractivity contribution < 1.29 is 12.8 Å². The number of sulfonamides is 1. The van der Waals surface area contributed by atoms with Crippen molar-refractivity contribution in [2.24, 2.45) is 0 Å². The van der Waals surface area contributed by atoms with E-state index in [9.17, 15) is 8.42 Å². The molecule has 1 aromatic carbocycles. The van der Waals surface area contributed by atoms with Gasteiger partial charge in [0.15, 0.2) is 0 Å². The Morgan fingerprint density at radius 1 is 1.06 bits per heavy atom. The third-order valence-corrected chi connectivity index (χ3v) is 3.54. The van der Waals surface area contributed by atoms with Gasteiger partial charge in [0.25, 0.3) is 0 Å². The fourth-order valence-electron chi connectivity index (χ4n) is 1.44. The van der Waals surface area contributed by atoms with E-state index >= 15 is 0 Å². The van der Waals surface area contributed by atoms with Crippen LogP contribution in [0.4, 0.5) is 0 Å². The minimum atomic E-state index is -3.32. The number of rotatable bonds is 5. The van der Waals surface area contributed by atoms with E-state index < -0.39 is 10.0 Å². The smallest absolute Gasteiger partial charge is 0.216 e. The number of benzene rings is 1. The molecule has 1 heterocycles. The van der Waals surface area contributed by atoms with Crippen LogP contribution in [0.1, 0.15) is 11.3 Å². The lowest BCUT2D eigenvalue weighted by Crippen LogP contribution is -2.24. The van der Waals surface area contributed by atoms with Gasteiger partial charge in [-0.1, -0.05) is 30.3 Å². The first-order valence-corrected chi connectivity index (χ1v) is 6.84. The van der Waals surface area contributed by atoms with Crippen LogP contribution < -0.4 is 4.72 Å². The van der Waals surface area contributed by atoms with E-state index in [1.165, 1.54) is 6.26 Å². The summed E-state index contributed by atoms with van der Waals surface area (Å²) in [6.07, 6.45) is 1.51. The molecule has 0 unspecified atom stereocenters. The van der Waals surface area contributed by atoms with Crippen molar-refractivity contribution in [1.29, 1.82) is 0 Å². The molecule has 90 valence electrons. The van der Waals surface area contributed by atoms with Crippen LogP contribution in [0.3, 0.4) is 0 Å². The Hall–Kier alpha value is -1.59. The summed E-state index contributed by atoms with van der Waals surface area (Å²) in [7, 11) is -3.32. The third-order valence-electron chi connectivity index (χ3n) is 2.25. The minimum absolute atomic E-state index is 0.0193. The lowest BCUT2D eigenvalue weighted by atomic mass is 10.2.